The van der Waals surface area contributed by atoms with Gasteiger partial charge >= 0.3 is 5.97 Å². The van der Waals surface area contributed by atoms with Gasteiger partial charge in [-0.05, 0) is 26.1 Å². The number of carboxylic acids is 1. The van der Waals surface area contributed by atoms with Crippen LogP contribution in [0.25, 0.3) is 0 Å². The fraction of sp³-hybridized carbons (Fsp3) is 0.500. The normalized spacial score (nSPS) is 14.7. The van der Waals surface area contributed by atoms with E-state index in [2.05, 4.69) is 10.3 Å². The van der Waals surface area contributed by atoms with Crippen LogP contribution in [0.1, 0.15) is 28.6 Å². The summed E-state index contributed by atoms with van der Waals surface area (Å²) in [5, 5.41) is 30.8. The lowest BCUT2D eigenvalue weighted by Gasteiger charge is -2.16. The Bertz CT molecular complexity index is 350. The summed E-state index contributed by atoms with van der Waals surface area (Å²) < 4.78 is 0. The number of hydrogen-bond donors (Lipinski definition) is 5. The third-order valence-electron chi connectivity index (χ3n) is 2.33. The Morgan fingerprint density at radius 3 is 2.75 bits per heavy atom. The van der Waals surface area contributed by atoms with Gasteiger partial charge in [0.05, 0.1) is 6.10 Å². The third-order valence-corrected chi connectivity index (χ3v) is 2.33. The van der Waals surface area contributed by atoms with Crippen molar-refractivity contribution in [3.05, 3.63) is 23.5 Å². The van der Waals surface area contributed by atoms with Gasteiger partial charge in [0.2, 0.25) is 0 Å². The molecule has 16 heavy (non-hydrogen) atoms. The topological polar surface area (TPSA) is 106 Å². The average Bonchev–Trinajstić information content (AvgIpc) is 2.74. The number of aromatic carboxylic acids is 1. The Balaban J connectivity index is 2.64. The molecule has 0 amide bonds. The molecular weight excluding hydrogens is 212 g/mol. The van der Waals surface area contributed by atoms with Crippen molar-refractivity contribution < 1.29 is 20.1 Å². The quantitative estimate of drug-likeness (QED) is 0.460. The minimum Gasteiger partial charge on any atom is -0.477 e. The first-order valence-corrected chi connectivity index (χ1v) is 4.98. The molecule has 0 aliphatic carbocycles. The van der Waals surface area contributed by atoms with Crippen molar-refractivity contribution in [3.8, 4) is 0 Å². The fourth-order valence-electron chi connectivity index (χ4n) is 1.38. The molecule has 0 radical (unpaired) electrons. The van der Waals surface area contributed by atoms with E-state index in [1.54, 1.807) is 7.05 Å². The predicted octanol–water partition coefficient (Wildman–Crippen LogP) is -0.283. The lowest BCUT2D eigenvalue weighted by Crippen LogP contribution is -2.23. The minimum absolute atomic E-state index is 0.00475. The maximum atomic E-state index is 10.6. The lowest BCUT2D eigenvalue weighted by molar-refractivity contribution is 0.0141. The van der Waals surface area contributed by atoms with Crippen molar-refractivity contribution in [1.29, 1.82) is 0 Å². The first kappa shape index (κ1) is 12.7. The summed E-state index contributed by atoms with van der Waals surface area (Å²) in [6.45, 7) is 0.578. The SMILES string of the molecule is CNCCC(O)C(O)c1c[nH]c(C(=O)O)c1. The van der Waals surface area contributed by atoms with Gasteiger partial charge in [-0.15, -0.1) is 0 Å². The summed E-state index contributed by atoms with van der Waals surface area (Å²) >= 11 is 0. The molecule has 0 fully saturated rings. The van der Waals surface area contributed by atoms with E-state index in [-0.39, 0.29) is 5.69 Å². The summed E-state index contributed by atoms with van der Waals surface area (Å²) in [6.07, 6.45) is -0.204. The van der Waals surface area contributed by atoms with Crippen LogP contribution in [0.4, 0.5) is 0 Å². The highest BCUT2D eigenvalue weighted by molar-refractivity contribution is 5.85. The number of H-pyrrole nitrogens is 1. The molecule has 1 heterocycles. The number of nitrogens with one attached hydrogen (secondary N) is 2. The van der Waals surface area contributed by atoms with Crippen molar-refractivity contribution in [2.75, 3.05) is 13.6 Å². The number of aromatic amines is 1. The molecule has 0 saturated carbocycles. The van der Waals surface area contributed by atoms with Gasteiger partial charge in [0.15, 0.2) is 0 Å². The Morgan fingerprint density at radius 2 is 2.25 bits per heavy atom. The van der Waals surface area contributed by atoms with Crippen LogP contribution in [-0.4, -0.2) is 46.0 Å². The molecule has 0 spiro atoms. The molecule has 5 N–H and O–H groups in total. The Morgan fingerprint density at radius 1 is 1.56 bits per heavy atom. The maximum Gasteiger partial charge on any atom is 0.352 e. The molecule has 1 rings (SSSR count). The Hall–Kier alpha value is -1.37. The number of carbonyl (C=O) groups is 1. The highest BCUT2D eigenvalue weighted by atomic mass is 16.4. The van der Waals surface area contributed by atoms with Gasteiger partial charge in [-0.3, -0.25) is 0 Å². The largest absolute Gasteiger partial charge is 0.477 e. The number of aliphatic hydroxyl groups is 2. The van der Waals surface area contributed by atoms with Gasteiger partial charge in [-0.1, -0.05) is 0 Å². The highest BCUT2D eigenvalue weighted by Crippen LogP contribution is 2.19. The highest BCUT2D eigenvalue weighted by Gasteiger charge is 2.20. The second kappa shape index (κ2) is 5.64. The minimum atomic E-state index is -1.09. The second-order valence-corrected chi connectivity index (χ2v) is 3.56. The maximum absolute atomic E-state index is 10.6. The number of carboxylic acid groups (broad SMARTS) is 1. The van der Waals surface area contributed by atoms with E-state index in [1.807, 2.05) is 0 Å². The van der Waals surface area contributed by atoms with E-state index in [0.717, 1.165) is 0 Å². The van der Waals surface area contributed by atoms with Crippen molar-refractivity contribution in [2.45, 2.75) is 18.6 Å². The fourth-order valence-corrected chi connectivity index (χ4v) is 1.38. The van der Waals surface area contributed by atoms with E-state index in [0.29, 0.717) is 18.5 Å². The van der Waals surface area contributed by atoms with E-state index in [9.17, 15) is 15.0 Å². The van der Waals surface area contributed by atoms with Crippen LogP contribution in [-0.2, 0) is 0 Å². The monoisotopic (exact) mass is 228 g/mol. The molecule has 2 unspecified atom stereocenters. The van der Waals surface area contributed by atoms with Gasteiger partial charge in [0.25, 0.3) is 0 Å². The van der Waals surface area contributed by atoms with Gasteiger partial charge < -0.3 is 25.6 Å². The van der Waals surface area contributed by atoms with Crippen LogP contribution in [0, 0.1) is 0 Å². The lowest BCUT2D eigenvalue weighted by atomic mass is 10.0. The molecule has 6 nitrogen and oxygen atoms in total. The van der Waals surface area contributed by atoms with Crippen molar-refractivity contribution in [1.82, 2.24) is 10.3 Å². The summed E-state index contributed by atoms with van der Waals surface area (Å²) in [7, 11) is 1.75. The first-order valence-electron chi connectivity index (χ1n) is 4.98. The molecule has 6 heteroatoms. The molecule has 0 saturated heterocycles. The zero-order chi connectivity index (χ0) is 12.1. The smallest absolute Gasteiger partial charge is 0.352 e. The van der Waals surface area contributed by atoms with Crippen LogP contribution >= 0.6 is 0 Å². The average molecular weight is 228 g/mol. The molecule has 1 aromatic rings. The van der Waals surface area contributed by atoms with E-state index in [4.69, 9.17) is 5.11 Å². The van der Waals surface area contributed by atoms with Gasteiger partial charge in [0.1, 0.15) is 11.8 Å². The number of rotatable bonds is 6. The first-order chi connectivity index (χ1) is 7.56. The number of aromatic nitrogens is 1. The molecule has 0 aromatic carbocycles. The molecule has 2 atom stereocenters. The molecule has 0 bridgehead atoms. The van der Waals surface area contributed by atoms with Crippen LogP contribution in [0.2, 0.25) is 0 Å². The number of aliphatic hydroxyl groups excluding tert-OH is 2. The molecular formula is C10H16N2O4. The zero-order valence-corrected chi connectivity index (χ0v) is 8.97. The zero-order valence-electron chi connectivity index (χ0n) is 8.97. The van der Waals surface area contributed by atoms with E-state index >= 15 is 0 Å². The summed E-state index contributed by atoms with van der Waals surface area (Å²) in [6, 6.07) is 1.32. The van der Waals surface area contributed by atoms with Gasteiger partial charge in [0, 0.05) is 11.8 Å². The molecule has 90 valence electrons. The molecule has 0 aliphatic heterocycles. The Kier molecular flexibility index (Phi) is 4.48. The van der Waals surface area contributed by atoms with Crippen LogP contribution in [0.3, 0.4) is 0 Å². The van der Waals surface area contributed by atoms with E-state index < -0.39 is 18.2 Å². The Labute approximate surface area is 92.9 Å². The second-order valence-electron chi connectivity index (χ2n) is 3.56. The van der Waals surface area contributed by atoms with Crippen molar-refractivity contribution >= 4 is 5.97 Å². The van der Waals surface area contributed by atoms with Crippen LogP contribution in [0.5, 0.6) is 0 Å². The molecule has 1 aromatic heterocycles. The van der Waals surface area contributed by atoms with Crippen LogP contribution in [0.15, 0.2) is 12.3 Å². The van der Waals surface area contributed by atoms with E-state index in [1.165, 1.54) is 12.3 Å². The van der Waals surface area contributed by atoms with Crippen molar-refractivity contribution in [2.24, 2.45) is 0 Å². The predicted molar refractivity (Wildman–Crippen MR) is 57.3 cm³/mol. The molecule has 0 aliphatic rings. The standard InChI is InChI=1S/C10H16N2O4/c1-11-3-2-8(13)9(14)6-4-7(10(15)16)12-5-6/h4-5,8-9,11-14H,2-3H2,1H3,(H,15,16). The summed E-state index contributed by atoms with van der Waals surface area (Å²) in [5.74, 6) is -1.09. The van der Waals surface area contributed by atoms with Gasteiger partial charge in [-0.25, -0.2) is 4.79 Å². The summed E-state index contributed by atoms with van der Waals surface area (Å²) in [5.41, 5.74) is 0.371. The van der Waals surface area contributed by atoms with Gasteiger partial charge in [-0.2, -0.15) is 0 Å². The third kappa shape index (κ3) is 3.06. The summed E-state index contributed by atoms with van der Waals surface area (Å²) in [4.78, 5) is 13.1. The number of hydrogen-bond acceptors (Lipinski definition) is 4. The van der Waals surface area contributed by atoms with Crippen LogP contribution < -0.4 is 5.32 Å². The van der Waals surface area contributed by atoms with Crippen molar-refractivity contribution in [3.63, 3.8) is 0 Å².